The normalized spacial score (nSPS) is 28.1. The minimum Gasteiger partial charge on any atom is -0.366 e. The third kappa shape index (κ3) is 2.51. The summed E-state index contributed by atoms with van der Waals surface area (Å²) in [6.45, 7) is 1.71. The van der Waals surface area contributed by atoms with Crippen molar-refractivity contribution >= 4 is 34.4 Å². The lowest BCUT2D eigenvalue weighted by atomic mass is 9.78. The molecule has 0 spiro atoms. The molecule has 3 heterocycles. The molecule has 1 saturated heterocycles. The van der Waals surface area contributed by atoms with E-state index >= 15 is 0 Å². The van der Waals surface area contributed by atoms with Crippen molar-refractivity contribution in [2.75, 3.05) is 0 Å². The van der Waals surface area contributed by atoms with Crippen molar-refractivity contribution in [1.82, 2.24) is 5.32 Å². The van der Waals surface area contributed by atoms with E-state index in [2.05, 4.69) is 11.2 Å². The Kier molecular flexibility index (Phi) is 3.93. The van der Waals surface area contributed by atoms with Gasteiger partial charge in [0.25, 0.3) is 0 Å². The molecule has 4 nitrogen and oxygen atoms in total. The Morgan fingerprint density at radius 2 is 2.14 bits per heavy atom. The number of aromatic nitrogens is 1. The van der Waals surface area contributed by atoms with Gasteiger partial charge in [0.15, 0.2) is 18.1 Å². The quantitative estimate of drug-likeness (QED) is 0.342. The number of aliphatic hydroxyl groups is 1. The van der Waals surface area contributed by atoms with Crippen LogP contribution in [0.2, 0.25) is 0 Å². The number of nitrogens with zero attached hydrogens (tertiary/aromatic N) is 1. The molecule has 0 saturated carbocycles. The second-order valence-corrected chi connectivity index (χ2v) is 6.63. The van der Waals surface area contributed by atoms with Gasteiger partial charge in [-0.05, 0) is 35.2 Å². The lowest BCUT2D eigenvalue weighted by Gasteiger charge is -2.40. The Balaban J connectivity index is 2.20. The minimum absolute atomic E-state index is 0.222. The van der Waals surface area contributed by atoms with Crippen molar-refractivity contribution in [2.24, 2.45) is 0 Å². The lowest BCUT2D eigenvalue weighted by Crippen LogP contribution is -2.65. The van der Waals surface area contributed by atoms with Crippen LogP contribution in [-0.4, -0.2) is 21.7 Å². The second-order valence-electron chi connectivity index (χ2n) is 5.44. The van der Waals surface area contributed by atoms with Crippen LogP contribution in [0.1, 0.15) is 24.4 Å². The smallest absolute Gasteiger partial charge is 0.216 e. The topological polar surface area (TPSA) is 60.0 Å². The molecular formula is C16H16N3OS2+. The van der Waals surface area contributed by atoms with Gasteiger partial charge in [0, 0.05) is 12.1 Å². The van der Waals surface area contributed by atoms with Gasteiger partial charge in [0.1, 0.15) is 4.99 Å². The van der Waals surface area contributed by atoms with Crippen LogP contribution in [0.25, 0.3) is 0 Å². The van der Waals surface area contributed by atoms with E-state index in [4.69, 9.17) is 17.6 Å². The maximum atomic E-state index is 10.9. The first-order valence-electron chi connectivity index (χ1n) is 6.87. The number of thiocarbonyl (C=S) groups is 1. The molecule has 2 aromatic heterocycles. The van der Waals surface area contributed by atoms with Gasteiger partial charge in [0.2, 0.25) is 6.04 Å². The molecule has 0 bridgehead atoms. The van der Waals surface area contributed by atoms with Crippen LogP contribution in [-0.2, 0) is 0 Å². The van der Waals surface area contributed by atoms with Gasteiger partial charge in [-0.25, -0.2) is 0 Å². The van der Waals surface area contributed by atoms with E-state index in [0.29, 0.717) is 10.6 Å². The summed E-state index contributed by atoms with van der Waals surface area (Å²) < 4.78 is 1.95. The minimum atomic E-state index is -1.23. The Morgan fingerprint density at radius 3 is 2.73 bits per heavy atom. The van der Waals surface area contributed by atoms with Crippen LogP contribution >= 0.6 is 23.6 Å². The number of rotatable bonds is 2. The highest BCUT2D eigenvalue weighted by Gasteiger charge is 2.52. The first-order valence-corrected chi connectivity index (χ1v) is 8.22. The van der Waals surface area contributed by atoms with Crippen LogP contribution in [0, 0.1) is 5.41 Å². The summed E-state index contributed by atoms with van der Waals surface area (Å²) in [5.74, 6) is 2.25. The van der Waals surface area contributed by atoms with E-state index in [1.165, 1.54) is 0 Å². The average molecular weight is 330 g/mol. The Labute approximate surface area is 138 Å². The monoisotopic (exact) mass is 330 g/mol. The maximum Gasteiger partial charge on any atom is 0.216 e. The first-order chi connectivity index (χ1) is 10.5. The lowest BCUT2D eigenvalue weighted by molar-refractivity contribution is -0.740. The standard InChI is InChI=1S/C16H15N3OS2/c1-16(20)14(19-6-3-2-4-7-19)13(11-5-8-22-10-11)12(9-17)15(21)18-16/h2-8,10,13-14,17,20H,1H3/p+1/t13-,14+,16+/m0/s1. The van der Waals surface area contributed by atoms with Crippen LogP contribution < -0.4 is 9.88 Å². The molecule has 3 rings (SSSR count). The molecule has 3 atom stereocenters. The molecule has 0 aromatic carbocycles. The summed E-state index contributed by atoms with van der Waals surface area (Å²) >= 11 is 6.92. The summed E-state index contributed by atoms with van der Waals surface area (Å²) in [5.41, 5.74) is 0.405. The molecule has 0 aliphatic carbocycles. The number of pyridine rings is 1. The van der Waals surface area contributed by atoms with Gasteiger partial charge in [-0.1, -0.05) is 18.3 Å². The van der Waals surface area contributed by atoms with Crippen molar-refractivity contribution < 1.29 is 9.67 Å². The molecule has 1 aliphatic heterocycles. The number of thiophene rings is 1. The van der Waals surface area contributed by atoms with Crippen LogP contribution in [0.4, 0.5) is 0 Å². The predicted molar refractivity (Wildman–Crippen MR) is 90.3 cm³/mol. The molecule has 0 amide bonds. The van der Waals surface area contributed by atoms with Gasteiger partial charge in [0.05, 0.1) is 11.5 Å². The first kappa shape index (κ1) is 15.1. The highest BCUT2D eigenvalue weighted by atomic mass is 32.1. The van der Waals surface area contributed by atoms with Crippen LogP contribution in [0.15, 0.2) is 53.0 Å². The van der Waals surface area contributed by atoms with Gasteiger partial charge in [-0.3, -0.25) is 5.41 Å². The number of hydrogen-bond acceptors (Lipinski definition) is 4. The summed E-state index contributed by atoms with van der Waals surface area (Å²) in [5, 5.41) is 25.5. The molecule has 0 radical (unpaired) electrons. The van der Waals surface area contributed by atoms with Crippen molar-refractivity contribution in [1.29, 1.82) is 5.41 Å². The molecule has 6 heteroatoms. The van der Waals surface area contributed by atoms with Crippen molar-refractivity contribution in [2.45, 2.75) is 24.6 Å². The second kappa shape index (κ2) is 5.74. The van der Waals surface area contributed by atoms with Gasteiger partial charge < -0.3 is 10.4 Å². The maximum absolute atomic E-state index is 10.9. The molecular weight excluding hydrogens is 314 g/mol. The fourth-order valence-corrected chi connectivity index (χ4v) is 4.07. The SMILES string of the molecule is C[C@]1(O)NC(=S)C(=C=N)[C@H](c2ccsc2)[C@H]1[n+]1ccccc1. The summed E-state index contributed by atoms with van der Waals surface area (Å²) in [7, 11) is 0. The molecule has 112 valence electrons. The summed E-state index contributed by atoms with van der Waals surface area (Å²) in [6.07, 6.45) is 3.83. The molecule has 3 N–H and O–H groups in total. The van der Waals surface area contributed by atoms with E-state index in [-0.39, 0.29) is 12.0 Å². The molecule has 22 heavy (non-hydrogen) atoms. The molecule has 2 aromatic rings. The van der Waals surface area contributed by atoms with Crippen LogP contribution in [0.3, 0.4) is 0 Å². The van der Waals surface area contributed by atoms with E-state index in [0.717, 1.165) is 5.56 Å². The zero-order chi connectivity index (χ0) is 15.7. The van der Waals surface area contributed by atoms with Gasteiger partial charge in [-0.2, -0.15) is 15.9 Å². The van der Waals surface area contributed by atoms with Crippen molar-refractivity contribution in [3.05, 3.63) is 58.6 Å². The Morgan fingerprint density at radius 1 is 1.41 bits per heavy atom. The van der Waals surface area contributed by atoms with Crippen LogP contribution in [0.5, 0.6) is 0 Å². The van der Waals surface area contributed by atoms with Gasteiger partial charge >= 0.3 is 0 Å². The van der Waals surface area contributed by atoms with E-state index < -0.39 is 5.72 Å². The van der Waals surface area contributed by atoms with Crippen molar-refractivity contribution in [3.8, 4) is 0 Å². The zero-order valence-corrected chi connectivity index (χ0v) is 13.6. The predicted octanol–water partition coefficient (Wildman–Crippen LogP) is 2.17. The van der Waals surface area contributed by atoms with E-state index in [9.17, 15) is 5.11 Å². The third-order valence-corrected chi connectivity index (χ3v) is 4.93. The largest absolute Gasteiger partial charge is 0.366 e. The summed E-state index contributed by atoms with van der Waals surface area (Å²) in [4.78, 5) is 0.379. The third-order valence-electron chi connectivity index (χ3n) is 3.91. The number of piperidine rings is 1. The zero-order valence-electron chi connectivity index (χ0n) is 12.0. The van der Waals surface area contributed by atoms with Gasteiger partial charge in [-0.15, -0.1) is 0 Å². The fraction of sp³-hybridized carbons (Fsp3) is 0.250. The number of hydrogen-bond donors (Lipinski definition) is 3. The average Bonchev–Trinajstić information content (AvgIpc) is 3.00. The van der Waals surface area contributed by atoms with Crippen molar-refractivity contribution in [3.63, 3.8) is 0 Å². The fourth-order valence-electron chi connectivity index (χ4n) is 2.99. The highest BCUT2D eigenvalue weighted by Crippen LogP contribution is 2.41. The van der Waals surface area contributed by atoms with E-state index in [1.54, 1.807) is 18.3 Å². The van der Waals surface area contributed by atoms with E-state index in [1.807, 2.05) is 52.0 Å². The summed E-state index contributed by atoms with van der Waals surface area (Å²) in [6, 6.07) is 7.44. The highest BCUT2D eigenvalue weighted by molar-refractivity contribution is 7.80. The molecule has 0 unspecified atom stereocenters. The number of nitrogens with one attached hydrogen (secondary N) is 2. The Bertz CT molecular complexity index is 734. The Hall–Kier alpha value is -1.85. The molecule has 1 fully saturated rings. The molecule has 1 aliphatic rings.